The molecule has 2 N–H and O–H groups in total. The lowest BCUT2D eigenvalue weighted by Crippen LogP contribution is -2.54. The van der Waals surface area contributed by atoms with Crippen LogP contribution in [0.3, 0.4) is 0 Å². The summed E-state index contributed by atoms with van der Waals surface area (Å²) in [6.07, 6.45) is 1.18. The quantitative estimate of drug-likeness (QED) is 0.863. The maximum absolute atomic E-state index is 12.3. The lowest BCUT2D eigenvalue weighted by molar-refractivity contribution is -0.135. The van der Waals surface area contributed by atoms with Gasteiger partial charge in [0, 0.05) is 25.2 Å². The van der Waals surface area contributed by atoms with E-state index in [0.29, 0.717) is 35.4 Å². The number of nitrogens with two attached hydrogens (primary N) is 1. The van der Waals surface area contributed by atoms with Crippen LogP contribution >= 0.6 is 35.6 Å². The van der Waals surface area contributed by atoms with Gasteiger partial charge in [0.05, 0.1) is 23.1 Å². The zero-order valence-electron chi connectivity index (χ0n) is 13.4. The molecule has 0 radical (unpaired) electrons. The Morgan fingerprint density at radius 2 is 2.09 bits per heavy atom. The lowest BCUT2D eigenvalue weighted by atomic mass is 9.79. The average molecular weight is 382 g/mol. The van der Waals surface area contributed by atoms with Crippen LogP contribution in [0.1, 0.15) is 26.7 Å². The van der Waals surface area contributed by atoms with Crippen LogP contribution in [0, 0.1) is 5.41 Å². The Kier molecular flexibility index (Phi) is 7.46. The smallest absolute Gasteiger partial charge is 0.226 e. The molecule has 1 aromatic carbocycles. The molecule has 7 heteroatoms. The van der Waals surface area contributed by atoms with Gasteiger partial charge in [0.1, 0.15) is 5.75 Å². The highest BCUT2D eigenvalue weighted by molar-refractivity contribution is 6.42. The van der Waals surface area contributed by atoms with Crippen LogP contribution in [0.2, 0.25) is 10.0 Å². The number of hydrogen-bond acceptors (Lipinski definition) is 3. The molecule has 0 aromatic heterocycles. The predicted molar refractivity (Wildman–Crippen MR) is 96.8 cm³/mol. The van der Waals surface area contributed by atoms with Crippen LogP contribution in [-0.4, -0.2) is 36.5 Å². The molecule has 1 fully saturated rings. The third kappa shape index (κ3) is 5.42. The molecular weight excluding hydrogens is 359 g/mol. The number of likely N-dealkylation sites (tertiary alicyclic amines) is 1. The van der Waals surface area contributed by atoms with Crippen molar-refractivity contribution in [1.82, 2.24) is 4.90 Å². The first-order chi connectivity index (χ1) is 10.3. The van der Waals surface area contributed by atoms with Gasteiger partial charge in [0.2, 0.25) is 5.91 Å². The zero-order chi connectivity index (χ0) is 16.3. The SMILES string of the molecule is CC1(C)CN(C(=O)CCOc2ccc(Cl)c(Cl)c2)CCC1N.Cl. The molecule has 1 amide bonds. The Balaban J connectivity index is 0.00000264. The van der Waals surface area contributed by atoms with Crippen molar-refractivity contribution in [3.05, 3.63) is 28.2 Å². The highest BCUT2D eigenvalue weighted by atomic mass is 35.5. The number of rotatable bonds is 4. The van der Waals surface area contributed by atoms with Crippen LogP contribution in [0.4, 0.5) is 0 Å². The van der Waals surface area contributed by atoms with E-state index in [2.05, 4.69) is 13.8 Å². The average Bonchev–Trinajstić information content (AvgIpc) is 2.45. The second-order valence-electron chi connectivity index (χ2n) is 6.37. The van der Waals surface area contributed by atoms with Gasteiger partial charge in [-0.1, -0.05) is 37.0 Å². The Hall–Kier alpha value is -0.680. The monoisotopic (exact) mass is 380 g/mol. The molecule has 0 aliphatic carbocycles. The van der Waals surface area contributed by atoms with Gasteiger partial charge in [-0.05, 0) is 24.0 Å². The summed E-state index contributed by atoms with van der Waals surface area (Å²) in [4.78, 5) is 14.1. The summed E-state index contributed by atoms with van der Waals surface area (Å²) < 4.78 is 5.56. The second-order valence-corrected chi connectivity index (χ2v) is 7.19. The Morgan fingerprint density at radius 3 is 2.70 bits per heavy atom. The molecule has 1 aliphatic rings. The first-order valence-electron chi connectivity index (χ1n) is 7.41. The van der Waals surface area contributed by atoms with Gasteiger partial charge in [-0.25, -0.2) is 0 Å². The second kappa shape index (κ2) is 8.43. The van der Waals surface area contributed by atoms with Gasteiger partial charge in [-0.15, -0.1) is 12.4 Å². The number of hydrogen-bond donors (Lipinski definition) is 1. The summed E-state index contributed by atoms with van der Waals surface area (Å²) in [6.45, 7) is 5.93. The number of amides is 1. The van der Waals surface area contributed by atoms with E-state index in [1.807, 2.05) is 4.90 Å². The van der Waals surface area contributed by atoms with Crippen molar-refractivity contribution >= 4 is 41.5 Å². The maximum Gasteiger partial charge on any atom is 0.226 e. The molecule has 1 saturated heterocycles. The van der Waals surface area contributed by atoms with Crippen molar-refractivity contribution in [2.24, 2.45) is 11.1 Å². The van der Waals surface area contributed by atoms with Gasteiger partial charge in [-0.3, -0.25) is 4.79 Å². The number of benzene rings is 1. The van der Waals surface area contributed by atoms with Crippen LogP contribution < -0.4 is 10.5 Å². The summed E-state index contributed by atoms with van der Waals surface area (Å²) >= 11 is 11.8. The molecule has 0 saturated carbocycles. The Morgan fingerprint density at radius 1 is 1.39 bits per heavy atom. The van der Waals surface area contributed by atoms with Crippen molar-refractivity contribution in [3.63, 3.8) is 0 Å². The van der Waals surface area contributed by atoms with E-state index < -0.39 is 0 Å². The zero-order valence-corrected chi connectivity index (χ0v) is 15.7. The van der Waals surface area contributed by atoms with Crippen molar-refractivity contribution in [2.75, 3.05) is 19.7 Å². The molecule has 1 heterocycles. The predicted octanol–water partition coefficient (Wildman–Crippen LogP) is 3.77. The minimum Gasteiger partial charge on any atom is -0.493 e. The number of nitrogens with zero attached hydrogens (tertiary/aromatic N) is 1. The van der Waals surface area contributed by atoms with Gasteiger partial charge in [0.15, 0.2) is 0 Å². The Bertz CT molecular complexity index is 552. The first-order valence-corrected chi connectivity index (χ1v) is 8.16. The van der Waals surface area contributed by atoms with Gasteiger partial charge in [0.25, 0.3) is 0 Å². The summed E-state index contributed by atoms with van der Waals surface area (Å²) in [6, 6.07) is 5.21. The third-order valence-electron chi connectivity index (χ3n) is 4.14. The molecule has 4 nitrogen and oxygen atoms in total. The molecule has 1 aromatic rings. The van der Waals surface area contributed by atoms with E-state index in [1.54, 1.807) is 18.2 Å². The summed E-state index contributed by atoms with van der Waals surface area (Å²) in [5.74, 6) is 0.711. The van der Waals surface area contributed by atoms with E-state index in [4.69, 9.17) is 33.7 Å². The largest absolute Gasteiger partial charge is 0.493 e. The van der Waals surface area contributed by atoms with Gasteiger partial charge in [-0.2, -0.15) is 0 Å². The highest BCUT2D eigenvalue weighted by Crippen LogP contribution is 2.28. The van der Waals surface area contributed by atoms with E-state index in [-0.39, 0.29) is 29.8 Å². The fourth-order valence-electron chi connectivity index (χ4n) is 2.57. The Labute approximate surface area is 153 Å². The van der Waals surface area contributed by atoms with E-state index in [9.17, 15) is 4.79 Å². The van der Waals surface area contributed by atoms with Crippen molar-refractivity contribution in [1.29, 1.82) is 0 Å². The van der Waals surface area contributed by atoms with Crippen molar-refractivity contribution < 1.29 is 9.53 Å². The van der Waals surface area contributed by atoms with Crippen LogP contribution in [0.25, 0.3) is 0 Å². The summed E-state index contributed by atoms with van der Waals surface area (Å²) in [5.41, 5.74) is 6.05. The third-order valence-corrected chi connectivity index (χ3v) is 4.88. The number of halogens is 3. The molecule has 0 spiro atoms. The fourth-order valence-corrected chi connectivity index (χ4v) is 2.86. The van der Waals surface area contributed by atoms with E-state index in [0.717, 1.165) is 13.0 Å². The molecule has 130 valence electrons. The molecule has 1 unspecified atom stereocenters. The fraction of sp³-hybridized carbons (Fsp3) is 0.562. The molecule has 2 rings (SSSR count). The van der Waals surface area contributed by atoms with E-state index >= 15 is 0 Å². The molecule has 23 heavy (non-hydrogen) atoms. The molecule has 1 atom stereocenters. The molecular formula is C16H23Cl3N2O2. The summed E-state index contributed by atoms with van der Waals surface area (Å²) in [5, 5.41) is 0.925. The first kappa shape index (κ1) is 20.4. The number of piperidine rings is 1. The molecule has 0 bridgehead atoms. The number of carbonyl (C=O) groups is 1. The van der Waals surface area contributed by atoms with Crippen molar-refractivity contribution in [2.45, 2.75) is 32.7 Å². The van der Waals surface area contributed by atoms with Gasteiger partial charge >= 0.3 is 0 Å². The van der Waals surface area contributed by atoms with Gasteiger partial charge < -0.3 is 15.4 Å². The highest BCUT2D eigenvalue weighted by Gasteiger charge is 2.35. The van der Waals surface area contributed by atoms with E-state index in [1.165, 1.54) is 0 Å². The molecule has 1 aliphatic heterocycles. The number of carbonyl (C=O) groups excluding carboxylic acids is 1. The maximum atomic E-state index is 12.3. The minimum atomic E-state index is -0.0432. The lowest BCUT2D eigenvalue weighted by Gasteiger charge is -2.42. The normalized spacial score (nSPS) is 19.9. The minimum absolute atomic E-state index is 0. The van der Waals surface area contributed by atoms with Crippen LogP contribution in [0.5, 0.6) is 5.75 Å². The number of ether oxygens (including phenoxy) is 1. The topological polar surface area (TPSA) is 55.6 Å². The van der Waals surface area contributed by atoms with Crippen molar-refractivity contribution in [3.8, 4) is 5.75 Å². The summed E-state index contributed by atoms with van der Waals surface area (Å²) in [7, 11) is 0. The van der Waals surface area contributed by atoms with Crippen LogP contribution in [-0.2, 0) is 4.79 Å². The standard InChI is InChI=1S/C16H22Cl2N2O2.ClH/c1-16(2)10-20(7-5-14(16)19)15(21)6-8-22-11-3-4-12(17)13(18)9-11;/h3-4,9,14H,5-8,10,19H2,1-2H3;1H. The van der Waals surface area contributed by atoms with Crippen LogP contribution in [0.15, 0.2) is 18.2 Å².